The number of carboxylic acid groups (broad SMARTS) is 3. The molecule has 0 aromatic heterocycles. The lowest BCUT2D eigenvalue weighted by Gasteiger charge is -2.12. The Balaban J connectivity index is 4.02. The molecule has 2 amide bonds. The molecule has 10 heteroatoms. The molecule has 0 fully saturated rings. The summed E-state index contributed by atoms with van der Waals surface area (Å²) in [5.74, 6) is -7.38. The minimum absolute atomic E-state index is 0.0321. The number of aliphatic carboxylic acids is 3. The second-order valence-electron chi connectivity index (χ2n) is 3.73. The quantitative estimate of drug-likeness (QED) is 0.265. The van der Waals surface area contributed by atoms with Crippen molar-refractivity contribution in [3.8, 4) is 0 Å². The number of carbonyl (C=O) groups is 5. The van der Waals surface area contributed by atoms with Gasteiger partial charge in [-0.05, 0) is 19.3 Å². The maximum absolute atomic E-state index is 10.8. The predicted octanol–water partition coefficient (Wildman–Crippen LogP) is -1.99. The summed E-state index contributed by atoms with van der Waals surface area (Å²) < 4.78 is 0. The Morgan fingerprint density at radius 1 is 0.850 bits per heavy atom. The molecule has 0 aromatic carbocycles. The van der Waals surface area contributed by atoms with Crippen molar-refractivity contribution in [2.75, 3.05) is 6.54 Å². The summed E-state index contributed by atoms with van der Waals surface area (Å²) in [4.78, 5) is 52.6. The van der Waals surface area contributed by atoms with Gasteiger partial charge < -0.3 is 26.0 Å². The van der Waals surface area contributed by atoms with Crippen LogP contribution in [0.4, 0.5) is 0 Å². The van der Waals surface area contributed by atoms with E-state index in [1.54, 1.807) is 0 Å². The first-order valence-electron chi connectivity index (χ1n) is 5.53. The number of amides is 2. The van der Waals surface area contributed by atoms with Crippen molar-refractivity contribution in [2.45, 2.75) is 25.3 Å². The lowest BCUT2D eigenvalue weighted by molar-refractivity contribution is -0.152. The predicted molar refractivity (Wildman–Crippen MR) is 61.7 cm³/mol. The molecule has 10 nitrogen and oxygen atoms in total. The first kappa shape index (κ1) is 17.4. The first-order chi connectivity index (χ1) is 9.25. The number of rotatable bonds is 7. The van der Waals surface area contributed by atoms with Crippen LogP contribution in [0.5, 0.6) is 0 Å². The summed E-state index contributed by atoms with van der Waals surface area (Å²) >= 11 is 0. The molecule has 0 saturated carbocycles. The zero-order valence-corrected chi connectivity index (χ0v) is 10.3. The Morgan fingerprint density at radius 3 is 1.85 bits per heavy atom. The molecule has 0 spiro atoms. The highest BCUT2D eigenvalue weighted by atomic mass is 16.4. The Labute approximate surface area is 112 Å². The second-order valence-corrected chi connectivity index (χ2v) is 3.73. The van der Waals surface area contributed by atoms with E-state index in [0.717, 1.165) is 0 Å². The monoisotopic (exact) mass is 290 g/mol. The van der Waals surface area contributed by atoms with E-state index in [9.17, 15) is 24.0 Å². The van der Waals surface area contributed by atoms with Crippen LogP contribution in [-0.2, 0) is 24.0 Å². The molecule has 20 heavy (non-hydrogen) atoms. The molecule has 0 aliphatic rings. The molecule has 5 N–H and O–H groups in total. The van der Waals surface area contributed by atoms with Gasteiger partial charge in [0.2, 0.25) is 0 Å². The van der Waals surface area contributed by atoms with Gasteiger partial charge in [-0.15, -0.1) is 0 Å². The molecule has 0 aromatic rings. The highest BCUT2D eigenvalue weighted by Gasteiger charge is 2.22. The fourth-order valence-corrected chi connectivity index (χ4v) is 1.23. The summed E-state index contributed by atoms with van der Waals surface area (Å²) in [6.45, 7) is 0.0321. The van der Waals surface area contributed by atoms with Gasteiger partial charge in [0.25, 0.3) is 0 Å². The van der Waals surface area contributed by atoms with E-state index < -0.39 is 35.8 Å². The van der Waals surface area contributed by atoms with Gasteiger partial charge in [-0.2, -0.15) is 0 Å². The van der Waals surface area contributed by atoms with E-state index in [1.165, 1.54) is 0 Å². The second kappa shape index (κ2) is 8.45. The van der Waals surface area contributed by atoms with Crippen LogP contribution in [0, 0.1) is 0 Å². The highest BCUT2D eigenvalue weighted by Crippen LogP contribution is 2.01. The van der Waals surface area contributed by atoms with E-state index in [-0.39, 0.29) is 25.8 Å². The number of unbranched alkanes of at least 4 members (excludes halogenated alkanes) is 1. The van der Waals surface area contributed by atoms with Crippen LogP contribution in [0.2, 0.25) is 0 Å². The molecule has 1 atom stereocenters. The van der Waals surface area contributed by atoms with Crippen molar-refractivity contribution in [1.82, 2.24) is 10.6 Å². The topological polar surface area (TPSA) is 170 Å². The van der Waals surface area contributed by atoms with Gasteiger partial charge in [-0.3, -0.25) is 9.59 Å². The zero-order chi connectivity index (χ0) is 15.7. The molecule has 0 saturated heterocycles. The summed E-state index contributed by atoms with van der Waals surface area (Å²) in [6.07, 6.45) is 0.486. The van der Waals surface area contributed by atoms with Crippen molar-refractivity contribution in [3.05, 3.63) is 0 Å². The lowest BCUT2D eigenvalue weighted by Crippen LogP contribution is -2.44. The molecular formula is C10H14N2O8. The Morgan fingerprint density at radius 2 is 1.40 bits per heavy atom. The molecule has 0 rings (SSSR count). The maximum atomic E-state index is 10.8. The number of carbonyl (C=O) groups excluding carboxylic acids is 2. The van der Waals surface area contributed by atoms with Crippen LogP contribution < -0.4 is 10.6 Å². The molecule has 0 radical (unpaired) electrons. The Kier molecular flexibility index (Phi) is 7.33. The van der Waals surface area contributed by atoms with Crippen molar-refractivity contribution in [3.63, 3.8) is 0 Å². The van der Waals surface area contributed by atoms with Gasteiger partial charge in [0.15, 0.2) is 0 Å². The number of hydrogen-bond donors (Lipinski definition) is 5. The average molecular weight is 290 g/mol. The maximum Gasteiger partial charge on any atom is 0.394 e. The standard InChI is InChI=1S/C10H14N2O8/c13-6(9(17)18)11-4-2-1-3-5(8(15)16)12-7(14)10(19)20/h5H,1-4H2,(H,11,13)(H,12,14)(H,15,16)(H,17,18)(H,19,20). The van der Waals surface area contributed by atoms with Crippen molar-refractivity contribution in [2.24, 2.45) is 0 Å². The highest BCUT2D eigenvalue weighted by molar-refractivity contribution is 6.32. The number of hydrogen-bond acceptors (Lipinski definition) is 5. The third-order valence-corrected chi connectivity index (χ3v) is 2.20. The van der Waals surface area contributed by atoms with Crippen molar-refractivity contribution >= 4 is 29.7 Å². The van der Waals surface area contributed by atoms with E-state index in [0.29, 0.717) is 0 Å². The first-order valence-corrected chi connectivity index (χ1v) is 5.53. The third kappa shape index (κ3) is 6.93. The molecule has 0 aliphatic heterocycles. The number of nitrogens with one attached hydrogen (secondary N) is 2. The molecule has 0 bridgehead atoms. The summed E-state index contributed by atoms with van der Waals surface area (Å²) in [5.41, 5.74) is 0. The normalized spacial score (nSPS) is 11.2. The van der Waals surface area contributed by atoms with Gasteiger partial charge in [0, 0.05) is 6.54 Å². The Hall–Kier alpha value is -2.65. The van der Waals surface area contributed by atoms with Crippen LogP contribution in [0.1, 0.15) is 19.3 Å². The van der Waals surface area contributed by atoms with Crippen LogP contribution in [0.3, 0.4) is 0 Å². The smallest absolute Gasteiger partial charge is 0.394 e. The van der Waals surface area contributed by atoms with Gasteiger partial charge in [0.1, 0.15) is 6.04 Å². The summed E-state index contributed by atoms with van der Waals surface area (Å²) in [5, 5.41) is 29.2. The van der Waals surface area contributed by atoms with Crippen molar-refractivity contribution < 1.29 is 39.3 Å². The summed E-state index contributed by atoms with van der Waals surface area (Å²) in [7, 11) is 0. The molecule has 0 heterocycles. The fraction of sp³-hybridized carbons (Fsp3) is 0.500. The van der Waals surface area contributed by atoms with Crippen LogP contribution in [0.25, 0.3) is 0 Å². The molecular weight excluding hydrogens is 276 g/mol. The van der Waals surface area contributed by atoms with Crippen LogP contribution >= 0.6 is 0 Å². The van der Waals surface area contributed by atoms with E-state index >= 15 is 0 Å². The third-order valence-electron chi connectivity index (χ3n) is 2.20. The van der Waals surface area contributed by atoms with Gasteiger partial charge >= 0.3 is 29.7 Å². The fourth-order valence-electron chi connectivity index (χ4n) is 1.23. The minimum atomic E-state index is -1.79. The van der Waals surface area contributed by atoms with Gasteiger partial charge in [-0.1, -0.05) is 0 Å². The van der Waals surface area contributed by atoms with Gasteiger partial charge in [-0.25, -0.2) is 14.4 Å². The molecule has 0 aliphatic carbocycles. The number of carboxylic acids is 3. The average Bonchev–Trinajstić information content (AvgIpc) is 2.35. The van der Waals surface area contributed by atoms with E-state index in [1.807, 2.05) is 5.32 Å². The largest absolute Gasteiger partial charge is 0.480 e. The van der Waals surface area contributed by atoms with E-state index in [4.69, 9.17) is 15.3 Å². The summed E-state index contributed by atoms with van der Waals surface area (Å²) in [6, 6.07) is -1.35. The lowest BCUT2D eigenvalue weighted by atomic mass is 10.1. The van der Waals surface area contributed by atoms with E-state index in [2.05, 4.69) is 5.32 Å². The minimum Gasteiger partial charge on any atom is -0.480 e. The van der Waals surface area contributed by atoms with Crippen LogP contribution in [-0.4, -0.2) is 57.6 Å². The Bertz CT molecular complexity index is 419. The van der Waals surface area contributed by atoms with Gasteiger partial charge in [0.05, 0.1) is 0 Å². The van der Waals surface area contributed by atoms with Crippen LogP contribution in [0.15, 0.2) is 0 Å². The SMILES string of the molecule is O=C(O)C(=O)NCCCCC(NC(=O)C(=O)O)C(=O)O. The zero-order valence-electron chi connectivity index (χ0n) is 10.3. The molecule has 112 valence electrons. The van der Waals surface area contributed by atoms with Crippen molar-refractivity contribution in [1.29, 1.82) is 0 Å². The molecule has 1 unspecified atom stereocenters.